The van der Waals surface area contributed by atoms with Crippen LogP contribution in [-0.2, 0) is 11.8 Å². The van der Waals surface area contributed by atoms with Crippen LogP contribution in [-0.4, -0.2) is 22.1 Å². The molecule has 1 aromatic carbocycles. The van der Waals surface area contributed by atoms with E-state index < -0.39 is 11.8 Å². The van der Waals surface area contributed by atoms with Gasteiger partial charge in [-0.15, -0.1) is 11.3 Å². The molecular formula is C17H15FIN3O3S. The predicted molar refractivity (Wildman–Crippen MR) is 108 cm³/mol. The molecule has 0 atom stereocenters. The Morgan fingerprint density at radius 1 is 1.46 bits per heavy atom. The highest BCUT2D eigenvalue weighted by atomic mass is 127. The van der Waals surface area contributed by atoms with E-state index in [9.17, 15) is 14.0 Å². The van der Waals surface area contributed by atoms with E-state index in [4.69, 9.17) is 4.74 Å². The number of fused-ring (bicyclic) bond motifs is 1. The molecule has 0 bridgehead atoms. The van der Waals surface area contributed by atoms with Gasteiger partial charge in [0.2, 0.25) is 0 Å². The van der Waals surface area contributed by atoms with Gasteiger partial charge in [0.1, 0.15) is 27.4 Å². The first-order valence-corrected chi connectivity index (χ1v) is 9.62. The summed E-state index contributed by atoms with van der Waals surface area (Å²) in [7, 11) is 1.52. The number of carbonyl (C=O) groups excluding carboxylic acids is 1. The van der Waals surface area contributed by atoms with Crippen LogP contribution in [0.3, 0.4) is 0 Å². The number of hydrogen-bond donors (Lipinski definition) is 1. The van der Waals surface area contributed by atoms with Crippen LogP contribution in [0.1, 0.15) is 22.3 Å². The van der Waals surface area contributed by atoms with Crippen molar-refractivity contribution >= 4 is 61.6 Å². The molecule has 0 unspecified atom stereocenters. The molecule has 3 aromatic rings. The molecule has 6 nitrogen and oxygen atoms in total. The fourth-order valence-corrected chi connectivity index (χ4v) is 3.89. The topological polar surface area (TPSA) is 73.2 Å². The number of esters is 1. The fourth-order valence-electron chi connectivity index (χ4n) is 2.54. The molecule has 3 rings (SSSR count). The molecule has 136 valence electrons. The standard InChI is InChI=1S/C17H15FIN3O3S/c1-4-25-17(24)12-13-14(26-8(2)20-13)16(23)22(3)15(12)21-11-6-5-9(19)7-10(11)18/h5-7,21H,4H2,1-3H3. The number of anilines is 2. The number of thiazole rings is 1. The largest absolute Gasteiger partial charge is 0.462 e. The Morgan fingerprint density at radius 2 is 2.19 bits per heavy atom. The van der Waals surface area contributed by atoms with Gasteiger partial charge in [-0.3, -0.25) is 9.36 Å². The van der Waals surface area contributed by atoms with E-state index in [1.54, 1.807) is 26.0 Å². The highest BCUT2D eigenvalue weighted by molar-refractivity contribution is 14.1. The zero-order valence-electron chi connectivity index (χ0n) is 14.2. The number of carbonyl (C=O) groups is 1. The highest BCUT2D eigenvalue weighted by Crippen LogP contribution is 2.30. The van der Waals surface area contributed by atoms with Gasteiger partial charge in [0.05, 0.1) is 17.3 Å². The van der Waals surface area contributed by atoms with E-state index in [-0.39, 0.29) is 34.8 Å². The van der Waals surface area contributed by atoms with Gasteiger partial charge in [0, 0.05) is 10.6 Å². The number of benzene rings is 1. The van der Waals surface area contributed by atoms with Crippen molar-refractivity contribution in [2.24, 2.45) is 7.05 Å². The van der Waals surface area contributed by atoms with Crippen molar-refractivity contribution in [2.45, 2.75) is 13.8 Å². The van der Waals surface area contributed by atoms with E-state index in [2.05, 4.69) is 10.3 Å². The Morgan fingerprint density at radius 3 is 2.85 bits per heavy atom. The molecular weight excluding hydrogens is 472 g/mol. The minimum absolute atomic E-state index is 0.117. The summed E-state index contributed by atoms with van der Waals surface area (Å²) in [5, 5.41) is 3.52. The molecule has 0 fully saturated rings. The van der Waals surface area contributed by atoms with Crippen LogP contribution in [0.2, 0.25) is 0 Å². The Balaban J connectivity index is 2.28. The number of nitrogens with one attached hydrogen (secondary N) is 1. The number of nitrogens with zero attached hydrogens (tertiary/aromatic N) is 2. The second-order valence-corrected chi connectivity index (χ2v) is 7.92. The van der Waals surface area contributed by atoms with Crippen LogP contribution in [0.5, 0.6) is 0 Å². The molecule has 0 aliphatic rings. The monoisotopic (exact) mass is 487 g/mol. The summed E-state index contributed by atoms with van der Waals surface area (Å²) in [6.45, 7) is 3.61. The van der Waals surface area contributed by atoms with Crippen LogP contribution in [0.4, 0.5) is 15.9 Å². The van der Waals surface area contributed by atoms with Crippen molar-refractivity contribution < 1.29 is 13.9 Å². The van der Waals surface area contributed by atoms with Crippen LogP contribution in [0.25, 0.3) is 10.2 Å². The molecule has 0 radical (unpaired) electrons. The van der Waals surface area contributed by atoms with Gasteiger partial charge in [-0.2, -0.15) is 0 Å². The van der Waals surface area contributed by atoms with Crippen LogP contribution in [0, 0.1) is 16.3 Å². The summed E-state index contributed by atoms with van der Waals surface area (Å²) in [5.41, 5.74) is 0.220. The molecule has 9 heteroatoms. The van der Waals surface area contributed by atoms with E-state index in [0.29, 0.717) is 9.71 Å². The molecule has 0 saturated heterocycles. The van der Waals surface area contributed by atoms with Crippen molar-refractivity contribution in [1.82, 2.24) is 9.55 Å². The summed E-state index contributed by atoms with van der Waals surface area (Å²) < 4.78 is 21.8. The molecule has 0 amide bonds. The lowest BCUT2D eigenvalue weighted by Crippen LogP contribution is -2.23. The van der Waals surface area contributed by atoms with Crippen LogP contribution in [0.15, 0.2) is 23.0 Å². The summed E-state index contributed by atoms with van der Waals surface area (Å²) in [5.74, 6) is -0.966. The van der Waals surface area contributed by atoms with E-state index >= 15 is 0 Å². The third-order valence-electron chi connectivity index (χ3n) is 3.71. The number of pyridine rings is 1. The lowest BCUT2D eigenvalue weighted by molar-refractivity contribution is 0.0529. The number of rotatable bonds is 4. The number of aromatic nitrogens is 2. The van der Waals surface area contributed by atoms with Gasteiger partial charge in [-0.1, -0.05) is 0 Å². The zero-order chi connectivity index (χ0) is 19.0. The second-order valence-electron chi connectivity index (χ2n) is 5.47. The van der Waals surface area contributed by atoms with Gasteiger partial charge in [0.25, 0.3) is 5.56 Å². The molecule has 0 aliphatic heterocycles. The maximum absolute atomic E-state index is 14.3. The number of ether oxygens (including phenoxy) is 1. The Kier molecular flexibility index (Phi) is 5.28. The average molecular weight is 487 g/mol. The SMILES string of the molecule is CCOC(=O)c1c(Nc2ccc(I)cc2F)n(C)c(=O)c2sc(C)nc12. The highest BCUT2D eigenvalue weighted by Gasteiger charge is 2.25. The zero-order valence-corrected chi connectivity index (χ0v) is 17.2. The summed E-state index contributed by atoms with van der Waals surface area (Å²) in [6.07, 6.45) is 0. The van der Waals surface area contributed by atoms with Crippen LogP contribution >= 0.6 is 33.9 Å². The summed E-state index contributed by atoms with van der Waals surface area (Å²) in [6, 6.07) is 4.63. The predicted octanol–water partition coefficient (Wildman–Crippen LogP) is 3.97. The number of hydrogen-bond acceptors (Lipinski definition) is 6. The van der Waals surface area contributed by atoms with Crippen LogP contribution < -0.4 is 10.9 Å². The van der Waals surface area contributed by atoms with Gasteiger partial charge in [-0.05, 0) is 54.6 Å². The van der Waals surface area contributed by atoms with E-state index in [1.165, 1.54) is 29.0 Å². The fraction of sp³-hybridized carbons (Fsp3) is 0.235. The Hall–Kier alpha value is -2.01. The lowest BCUT2D eigenvalue weighted by atomic mass is 10.2. The molecule has 1 N–H and O–H groups in total. The van der Waals surface area contributed by atoms with Gasteiger partial charge < -0.3 is 10.1 Å². The molecule has 0 spiro atoms. The minimum Gasteiger partial charge on any atom is -0.462 e. The van der Waals surface area contributed by atoms with Gasteiger partial charge >= 0.3 is 5.97 Å². The summed E-state index contributed by atoms with van der Waals surface area (Å²) >= 11 is 3.21. The maximum Gasteiger partial charge on any atom is 0.344 e. The molecule has 0 saturated carbocycles. The van der Waals surface area contributed by atoms with Crippen molar-refractivity contribution in [3.05, 3.63) is 48.5 Å². The van der Waals surface area contributed by atoms with Crippen molar-refractivity contribution in [1.29, 1.82) is 0 Å². The first-order chi connectivity index (χ1) is 12.3. The number of aryl methyl sites for hydroxylation is 1. The Bertz CT molecular complexity index is 1080. The minimum atomic E-state index is -0.619. The number of halogens is 2. The third kappa shape index (κ3) is 3.32. The summed E-state index contributed by atoms with van der Waals surface area (Å²) in [4.78, 5) is 29.6. The quantitative estimate of drug-likeness (QED) is 0.446. The molecule has 2 aromatic heterocycles. The van der Waals surface area contributed by atoms with E-state index in [0.717, 1.165) is 3.57 Å². The first-order valence-electron chi connectivity index (χ1n) is 7.72. The average Bonchev–Trinajstić information content (AvgIpc) is 2.96. The van der Waals surface area contributed by atoms with Crippen molar-refractivity contribution in [3.63, 3.8) is 0 Å². The van der Waals surface area contributed by atoms with Gasteiger partial charge in [0.15, 0.2) is 0 Å². The first kappa shape index (κ1) is 18.8. The third-order valence-corrected chi connectivity index (χ3v) is 5.34. The smallest absolute Gasteiger partial charge is 0.344 e. The lowest BCUT2D eigenvalue weighted by Gasteiger charge is -2.16. The van der Waals surface area contributed by atoms with Crippen molar-refractivity contribution in [2.75, 3.05) is 11.9 Å². The normalized spacial score (nSPS) is 11.0. The Labute approximate surface area is 166 Å². The molecule has 2 heterocycles. The second kappa shape index (κ2) is 7.31. The van der Waals surface area contributed by atoms with E-state index in [1.807, 2.05) is 22.6 Å². The van der Waals surface area contributed by atoms with Gasteiger partial charge in [-0.25, -0.2) is 14.2 Å². The maximum atomic E-state index is 14.3. The van der Waals surface area contributed by atoms with Crippen molar-refractivity contribution in [3.8, 4) is 0 Å². The molecule has 0 aliphatic carbocycles. The molecule has 26 heavy (non-hydrogen) atoms.